The highest BCUT2D eigenvalue weighted by atomic mass is 79.9. The van der Waals surface area contributed by atoms with Crippen molar-refractivity contribution >= 4 is 60.8 Å². The largest absolute Gasteiger partial charge is 0.324 e. The van der Waals surface area contributed by atoms with Gasteiger partial charge in [-0.3, -0.25) is 14.2 Å². The van der Waals surface area contributed by atoms with Crippen molar-refractivity contribution in [2.45, 2.75) is 38.8 Å². The molecule has 4 aromatic rings. The van der Waals surface area contributed by atoms with Gasteiger partial charge in [0, 0.05) is 9.35 Å². The molecule has 5 nitrogen and oxygen atoms in total. The number of aromatic nitrogens is 2. The summed E-state index contributed by atoms with van der Waals surface area (Å²) in [6.07, 6.45) is 1.94. The smallest absolute Gasteiger partial charge is 0.267 e. The van der Waals surface area contributed by atoms with Gasteiger partial charge in [-0.1, -0.05) is 49.4 Å². The number of carbonyl (C=O) groups excluding carboxylic acids is 1. The topological polar surface area (TPSA) is 64.0 Å². The van der Waals surface area contributed by atoms with Gasteiger partial charge in [0.25, 0.3) is 5.56 Å². The average Bonchev–Trinajstić information content (AvgIpc) is 3.10. The minimum Gasteiger partial charge on any atom is -0.324 e. The number of para-hydroxylation sites is 1. The number of aryl methyl sites for hydroxylation is 3. The van der Waals surface area contributed by atoms with Gasteiger partial charge in [-0.25, -0.2) is 4.98 Å². The van der Waals surface area contributed by atoms with Crippen LogP contribution in [0.15, 0.2) is 63.0 Å². The predicted molar refractivity (Wildman–Crippen MR) is 142 cm³/mol. The monoisotopic (exact) mass is 541 g/mol. The molecule has 1 amide bonds. The van der Waals surface area contributed by atoms with E-state index in [1.165, 1.54) is 16.6 Å². The normalized spacial score (nSPS) is 11.2. The number of thioether (sulfide) groups is 1. The molecule has 170 valence electrons. The first kappa shape index (κ1) is 23.7. The number of hydrogen-bond acceptors (Lipinski definition) is 5. The summed E-state index contributed by atoms with van der Waals surface area (Å²) in [5.41, 5.74) is 3.48. The Labute approximate surface area is 209 Å². The number of hydrogen-bond donors (Lipinski definition) is 1. The summed E-state index contributed by atoms with van der Waals surface area (Å²) in [6, 6.07) is 15.2. The molecule has 0 spiro atoms. The Hall–Kier alpha value is -2.42. The molecule has 0 bridgehead atoms. The number of halogens is 1. The lowest BCUT2D eigenvalue weighted by Gasteiger charge is -2.13. The number of thiophene rings is 1. The van der Waals surface area contributed by atoms with Crippen LogP contribution in [0.1, 0.15) is 29.3 Å². The Morgan fingerprint density at radius 2 is 1.94 bits per heavy atom. The molecule has 0 saturated carbocycles. The van der Waals surface area contributed by atoms with E-state index in [1.807, 2.05) is 62.4 Å². The summed E-state index contributed by atoms with van der Waals surface area (Å²) < 4.78 is 2.46. The van der Waals surface area contributed by atoms with Crippen LogP contribution in [-0.4, -0.2) is 21.2 Å². The third-order valence-electron chi connectivity index (χ3n) is 5.25. The zero-order chi connectivity index (χ0) is 23.5. The summed E-state index contributed by atoms with van der Waals surface area (Å²) in [5.74, 6) is -0.0235. The number of benzene rings is 2. The van der Waals surface area contributed by atoms with E-state index in [-0.39, 0.29) is 17.2 Å². The van der Waals surface area contributed by atoms with Crippen LogP contribution in [0.3, 0.4) is 0 Å². The van der Waals surface area contributed by atoms with Crippen LogP contribution < -0.4 is 10.9 Å². The number of amides is 1. The van der Waals surface area contributed by atoms with E-state index in [1.54, 1.807) is 15.9 Å². The first-order valence-electron chi connectivity index (χ1n) is 10.7. The lowest BCUT2D eigenvalue weighted by molar-refractivity contribution is -0.113. The minimum atomic E-state index is -0.160. The molecule has 0 radical (unpaired) electrons. The summed E-state index contributed by atoms with van der Waals surface area (Å²) in [5, 5.41) is 4.12. The predicted octanol–water partition coefficient (Wildman–Crippen LogP) is 6.51. The second-order valence-electron chi connectivity index (χ2n) is 7.77. The summed E-state index contributed by atoms with van der Waals surface area (Å²) in [6.45, 7) is 6.13. The molecule has 0 aliphatic carbocycles. The summed E-state index contributed by atoms with van der Waals surface area (Å²) >= 11 is 6.34. The van der Waals surface area contributed by atoms with Crippen molar-refractivity contribution in [3.63, 3.8) is 0 Å². The summed E-state index contributed by atoms with van der Waals surface area (Å²) in [4.78, 5) is 33.1. The maximum atomic E-state index is 13.6. The van der Waals surface area contributed by atoms with E-state index in [0.29, 0.717) is 16.2 Å². The molecule has 0 aliphatic heterocycles. The van der Waals surface area contributed by atoms with Crippen molar-refractivity contribution in [1.29, 1.82) is 0 Å². The Morgan fingerprint density at radius 1 is 1.18 bits per heavy atom. The number of nitrogens with one attached hydrogen (secondary N) is 1. The van der Waals surface area contributed by atoms with Crippen molar-refractivity contribution in [1.82, 2.24) is 9.55 Å². The average molecular weight is 543 g/mol. The van der Waals surface area contributed by atoms with E-state index in [2.05, 4.69) is 28.2 Å². The molecular weight excluding hydrogens is 518 g/mol. The number of rotatable bonds is 7. The molecular formula is C25H24BrN3O2S2. The van der Waals surface area contributed by atoms with Crippen molar-refractivity contribution in [2.24, 2.45) is 0 Å². The third kappa shape index (κ3) is 5.08. The molecule has 0 fully saturated rings. The first-order valence-corrected chi connectivity index (χ1v) is 13.3. The Kier molecular flexibility index (Phi) is 7.36. The molecule has 0 atom stereocenters. The lowest BCUT2D eigenvalue weighted by atomic mass is 10.1. The second kappa shape index (κ2) is 10.2. The fraction of sp³-hybridized carbons (Fsp3) is 0.240. The van der Waals surface area contributed by atoms with Crippen LogP contribution in [0.2, 0.25) is 0 Å². The Balaban J connectivity index is 1.69. The Bertz CT molecular complexity index is 1380. The number of nitrogens with zero attached hydrogens (tertiary/aromatic N) is 2. The van der Waals surface area contributed by atoms with Gasteiger partial charge in [0.15, 0.2) is 5.16 Å². The SMILES string of the molecule is CCCc1sc2nc(SCC(=O)Nc3ccc(C)cc3Br)n(-c3ccccc3)c(=O)c2c1C. The Morgan fingerprint density at radius 3 is 2.64 bits per heavy atom. The van der Waals surface area contributed by atoms with Crippen molar-refractivity contribution in [2.75, 3.05) is 11.1 Å². The number of fused-ring (bicyclic) bond motifs is 1. The van der Waals surface area contributed by atoms with Gasteiger partial charge in [0.05, 0.1) is 22.5 Å². The molecule has 2 heterocycles. The lowest BCUT2D eigenvalue weighted by Crippen LogP contribution is -2.22. The van der Waals surface area contributed by atoms with Crippen LogP contribution in [0.25, 0.3) is 15.9 Å². The van der Waals surface area contributed by atoms with Crippen molar-refractivity contribution in [3.05, 3.63) is 79.4 Å². The highest BCUT2D eigenvalue weighted by molar-refractivity contribution is 9.10. The zero-order valence-electron chi connectivity index (χ0n) is 18.6. The van der Waals surface area contributed by atoms with Gasteiger partial charge in [0.2, 0.25) is 5.91 Å². The van der Waals surface area contributed by atoms with Gasteiger partial charge in [-0.15, -0.1) is 11.3 Å². The fourth-order valence-corrected chi connectivity index (χ4v) is 6.34. The van der Waals surface area contributed by atoms with E-state index >= 15 is 0 Å². The molecule has 2 aromatic carbocycles. The van der Waals surface area contributed by atoms with Gasteiger partial charge in [0.1, 0.15) is 4.83 Å². The maximum absolute atomic E-state index is 13.6. The van der Waals surface area contributed by atoms with Gasteiger partial charge < -0.3 is 5.32 Å². The maximum Gasteiger partial charge on any atom is 0.267 e. The molecule has 0 saturated heterocycles. The standard InChI is InChI=1S/C25H24BrN3O2S2/c1-4-8-20-16(3)22-23(33-20)28-25(29(24(22)31)17-9-6-5-7-10-17)32-14-21(30)27-19-12-11-15(2)13-18(19)26/h5-7,9-13H,4,8,14H2,1-3H3,(H,27,30). The van der Waals surface area contributed by atoms with Crippen LogP contribution in [-0.2, 0) is 11.2 Å². The van der Waals surface area contributed by atoms with E-state index in [4.69, 9.17) is 4.98 Å². The van der Waals surface area contributed by atoms with Gasteiger partial charge >= 0.3 is 0 Å². The molecule has 33 heavy (non-hydrogen) atoms. The zero-order valence-corrected chi connectivity index (χ0v) is 21.9. The second-order valence-corrected chi connectivity index (χ2v) is 10.7. The molecule has 2 aromatic heterocycles. The van der Waals surface area contributed by atoms with Gasteiger partial charge in [-0.2, -0.15) is 0 Å². The quantitative estimate of drug-likeness (QED) is 0.214. The molecule has 0 unspecified atom stereocenters. The number of carbonyl (C=O) groups is 1. The van der Waals surface area contributed by atoms with E-state index in [9.17, 15) is 9.59 Å². The molecule has 8 heteroatoms. The van der Waals surface area contributed by atoms with Crippen LogP contribution in [0.4, 0.5) is 5.69 Å². The van der Waals surface area contributed by atoms with Crippen molar-refractivity contribution in [3.8, 4) is 5.69 Å². The highest BCUT2D eigenvalue weighted by Gasteiger charge is 2.20. The van der Waals surface area contributed by atoms with Gasteiger partial charge in [-0.05, 0) is 71.6 Å². The molecule has 4 rings (SSSR count). The molecule has 0 aliphatic rings. The highest BCUT2D eigenvalue weighted by Crippen LogP contribution is 2.31. The van der Waals surface area contributed by atoms with Crippen LogP contribution >= 0.6 is 39.0 Å². The number of anilines is 1. The van der Waals surface area contributed by atoms with E-state index < -0.39 is 0 Å². The fourth-order valence-electron chi connectivity index (χ4n) is 3.62. The van der Waals surface area contributed by atoms with Crippen LogP contribution in [0, 0.1) is 13.8 Å². The van der Waals surface area contributed by atoms with E-state index in [0.717, 1.165) is 39.0 Å². The van der Waals surface area contributed by atoms with Crippen molar-refractivity contribution < 1.29 is 4.79 Å². The van der Waals surface area contributed by atoms with Crippen LogP contribution in [0.5, 0.6) is 0 Å². The minimum absolute atomic E-state index is 0.0912. The molecule has 1 N–H and O–H groups in total. The third-order valence-corrected chi connectivity index (χ3v) is 8.10. The summed E-state index contributed by atoms with van der Waals surface area (Å²) in [7, 11) is 0. The first-order chi connectivity index (χ1) is 15.9.